The number of carbonyl (C=O) groups is 1. The summed E-state index contributed by atoms with van der Waals surface area (Å²) in [7, 11) is 0. The zero-order chi connectivity index (χ0) is 17.2. The fraction of sp³-hybridized carbons (Fsp3) is 0.278. The van der Waals surface area contributed by atoms with E-state index in [1.165, 1.54) is 11.3 Å². The van der Waals surface area contributed by atoms with Crippen LogP contribution >= 0.6 is 11.3 Å². The number of ether oxygens (including phenoxy) is 1. The first kappa shape index (κ1) is 16.0. The number of nitrogens with zero attached hydrogens (tertiary/aromatic N) is 3. The van der Waals surface area contributed by atoms with Gasteiger partial charge < -0.3 is 4.74 Å². The van der Waals surface area contributed by atoms with Crippen LogP contribution in [0.5, 0.6) is 0 Å². The Hall–Kier alpha value is -2.51. The molecule has 4 rings (SSSR count). The van der Waals surface area contributed by atoms with Crippen LogP contribution in [0.15, 0.2) is 41.5 Å². The van der Waals surface area contributed by atoms with Gasteiger partial charge in [-0.3, -0.25) is 4.79 Å². The van der Waals surface area contributed by atoms with Crippen LogP contribution in [0.25, 0.3) is 15.9 Å². The van der Waals surface area contributed by atoms with Crippen LogP contribution in [0, 0.1) is 12.8 Å². The standard InChI is InChI=1S/C18H18N4O2S/c1-12-15-9-16(17(23)20-19-10-13-7-8-24-11-13)25-18(15)22(21-12)14-5-3-2-4-6-14/h2-6,9-10,13H,7-8,11H2,1H3,(H,20,23). The Morgan fingerprint density at radius 3 is 3.04 bits per heavy atom. The SMILES string of the molecule is Cc1nn(-c2ccccc2)c2sc(C(=O)NN=CC3CCOC3)cc12. The summed E-state index contributed by atoms with van der Waals surface area (Å²) in [5.41, 5.74) is 4.49. The predicted molar refractivity (Wildman–Crippen MR) is 98.6 cm³/mol. The van der Waals surface area contributed by atoms with E-state index in [-0.39, 0.29) is 11.8 Å². The van der Waals surface area contributed by atoms with Gasteiger partial charge in [-0.1, -0.05) is 18.2 Å². The summed E-state index contributed by atoms with van der Waals surface area (Å²) in [6.45, 7) is 3.39. The number of para-hydroxylation sites is 1. The van der Waals surface area contributed by atoms with Crippen molar-refractivity contribution in [2.24, 2.45) is 11.0 Å². The number of amides is 1. The largest absolute Gasteiger partial charge is 0.381 e. The first-order chi connectivity index (χ1) is 12.2. The molecule has 1 atom stereocenters. The van der Waals surface area contributed by atoms with Crippen LogP contribution in [-0.2, 0) is 4.74 Å². The highest BCUT2D eigenvalue weighted by Crippen LogP contribution is 2.30. The van der Waals surface area contributed by atoms with Crippen molar-refractivity contribution in [2.75, 3.05) is 13.2 Å². The lowest BCUT2D eigenvalue weighted by molar-refractivity contribution is 0.0959. The Balaban J connectivity index is 1.57. The fourth-order valence-corrected chi connectivity index (χ4v) is 3.90. The Morgan fingerprint density at radius 2 is 2.28 bits per heavy atom. The van der Waals surface area contributed by atoms with E-state index in [1.54, 1.807) is 6.21 Å². The maximum Gasteiger partial charge on any atom is 0.281 e. The number of thiophene rings is 1. The lowest BCUT2D eigenvalue weighted by atomic mass is 10.1. The van der Waals surface area contributed by atoms with Crippen molar-refractivity contribution in [1.29, 1.82) is 0 Å². The van der Waals surface area contributed by atoms with Crippen molar-refractivity contribution in [1.82, 2.24) is 15.2 Å². The average molecular weight is 354 g/mol. The Kier molecular flexibility index (Phi) is 4.33. The molecule has 25 heavy (non-hydrogen) atoms. The number of benzene rings is 1. The molecule has 0 saturated carbocycles. The lowest BCUT2D eigenvalue weighted by Crippen LogP contribution is -2.17. The number of fused-ring (bicyclic) bond motifs is 1. The molecule has 6 nitrogen and oxygen atoms in total. The van der Waals surface area contributed by atoms with Crippen molar-refractivity contribution in [3.63, 3.8) is 0 Å². The molecule has 128 valence electrons. The zero-order valence-corrected chi connectivity index (χ0v) is 14.6. The molecule has 1 amide bonds. The summed E-state index contributed by atoms with van der Waals surface area (Å²) in [5.74, 6) is 0.0898. The summed E-state index contributed by atoms with van der Waals surface area (Å²) >= 11 is 1.42. The van der Waals surface area contributed by atoms with E-state index in [4.69, 9.17) is 4.74 Å². The van der Waals surface area contributed by atoms with Crippen molar-refractivity contribution >= 4 is 33.7 Å². The van der Waals surface area contributed by atoms with Crippen LogP contribution in [-0.4, -0.2) is 35.1 Å². The highest BCUT2D eigenvalue weighted by molar-refractivity contribution is 7.20. The topological polar surface area (TPSA) is 68.5 Å². The van der Waals surface area contributed by atoms with E-state index >= 15 is 0 Å². The van der Waals surface area contributed by atoms with Crippen LogP contribution < -0.4 is 5.43 Å². The van der Waals surface area contributed by atoms with Crippen LogP contribution in [0.2, 0.25) is 0 Å². The van der Waals surface area contributed by atoms with Gasteiger partial charge in [-0.2, -0.15) is 10.2 Å². The fourth-order valence-electron chi connectivity index (χ4n) is 2.83. The number of hydrogen-bond acceptors (Lipinski definition) is 5. The van der Waals surface area contributed by atoms with E-state index in [2.05, 4.69) is 15.6 Å². The monoisotopic (exact) mass is 354 g/mol. The number of rotatable bonds is 4. The maximum atomic E-state index is 12.4. The average Bonchev–Trinajstić information content (AvgIpc) is 3.34. The second-order valence-corrected chi connectivity index (χ2v) is 7.04. The number of hydrogen-bond donors (Lipinski definition) is 1. The Morgan fingerprint density at radius 1 is 1.44 bits per heavy atom. The molecule has 3 heterocycles. The minimum Gasteiger partial charge on any atom is -0.381 e. The third kappa shape index (κ3) is 3.20. The number of aromatic nitrogens is 2. The molecular formula is C18H18N4O2S. The first-order valence-corrected chi connectivity index (χ1v) is 9.00. The molecule has 0 aliphatic carbocycles. The number of nitrogens with one attached hydrogen (secondary N) is 1. The smallest absolute Gasteiger partial charge is 0.281 e. The van der Waals surface area contributed by atoms with Gasteiger partial charge in [0.05, 0.1) is 22.9 Å². The summed E-state index contributed by atoms with van der Waals surface area (Å²) in [6, 6.07) is 11.8. The van der Waals surface area contributed by atoms with Gasteiger partial charge in [-0.15, -0.1) is 11.3 Å². The molecule has 1 N–H and O–H groups in total. The number of carbonyl (C=O) groups excluding carboxylic acids is 1. The van der Waals surface area contributed by atoms with Crippen molar-refractivity contribution in [3.8, 4) is 5.69 Å². The molecular weight excluding hydrogens is 336 g/mol. The summed E-state index contributed by atoms with van der Waals surface area (Å²) in [5, 5.41) is 9.65. The molecule has 1 aliphatic heterocycles. The first-order valence-electron chi connectivity index (χ1n) is 8.18. The predicted octanol–water partition coefficient (Wildman–Crippen LogP) is 3.15. The van der Waals surface area contributed by atoms with Gasteiger partial charge in [0.15, 0.2) is 0 Å². The molecule has 0 bridgehead atoms. The van der Waals surface area contributed by atoms with Gasteiger partial charge in [0.25, 0.3) is 5.91 Å². The van der Waals surface area contributed by atoms with Gasteiger partial charge in [-0.05, 0) is 31.5 Å². The van der Waals surface area contributed by atoms with Crippen LogP contribution in [0.4, 0.5) is 0 Å². The van der Waals surface area contributed by atoms with Crippen molar-refractivity contribution in [2.45, 2.75) is 13.3 Å². The second-order valence-electron chi connectivity index (χ2n) is 6.01. The normalized spacial score (nSPS) is 17.6. The van der Waals surface area contributed by atoms with Crippen LogP contribution in [0.3, 0.4) is 0 Å². The molecule has 2 aromatic heterocycles. The summed E-state index contributed by atoms with van der Waals surface area (Å²) in [4.78, 5) is 14.0. The van der Waals surface area contributed by atoms with Gasteiger partial charge in [0.2, 0.25) is 0 Å². The minimum absolute atomic E-state index is 0.199. The highest BCUT2D eigenvalue weighted by atomic mass is 32.1. The molecule has 1 saturated heterocycles. The van der Waals surface area contributed by atoms with E-state index in [0.29, 0.717) is 11.5 Å². The third-order valence-electron chi connectivity index (χ3n) is 4.19. The Bertz CT molecular complexity index is 923. The van der Waals surface area contributed by atoms with E-state index in [9.17, 15) is 4.79 Å². The van der Waals surface area contributed by atoms with E-state index < -0.39 is 0 Å². The van der Waals surface area contributed by atoms with Gasteiger partial charge in [0, 0.05) is 24.1 Å². The zero-order valence-electron chi connectivity index (χ0n) is 13.8. The molecule has 0 radical (unpaired) electrons. The molecule has 3 aromatic rings. The maximum absolute atomic E-state index is 12.4. The van der Waals surface area contributed by atoms with Gasteiger partial charge >= 0.3 is 0 Å². The molecule has 0 spiro atoms. The highest BCUT2D eigenvalue weighted by Gasteiger charge is 2.17. The van der Waals surface area contributed by atoms with Gasteiger partial charge in [0.1, 0.15) is 4.83 Å². The molecule has 1 aromatic carbocycles. The molecule has 7 heteroatoms. The van der Waals surface area contributed by atoms with Crippen molar-refractivity contribution < 1.29 is 9.53 Å². The van der Waals surface area contributed by atoms with Gasteiger partial charge in [-0.25, -0.2) is 10.1 Å². The quantitative estimate of drug-likeness (QED) is 0.578. The number of aryl methyl sites for hydroxylation is 1. The van der Waals surface area contributed by atoms with Crippen molar-refractivity contribution in [3.05, 3.63) is 47.0 Å². The summed E-state index contributed by atoms with van der Waals surface area (Å²) < 4.78 is 7.17. The minimum atomic E-state index is -0.199. The lowest BCUT2D eigenvalue weighted by Gasteiger charge is -2.01. The van der Waals surface area contributed by atoms with Crippen LogP contribution in [0.1, 0.15) is 21.8 Å². The third-order valence-corrected chi connectivity index (χ3v) is 5.29. The molecule has 1 unspecified atom stereocenters. The second kappa shape index (κ2) is 6.78. The van der Waals surface area contributed by atoms with E-state index in [0.717, 1.165) is 34.6 Å². The summed E-state index contributed by atoms with van der Waals surface area (Å²) in [6.07, 6.45) is 2.71. The van der Waals surface area contributed by atoms with E-state index in [1.807, 2.05) is 48.0 Å². The molecule has 1 aliphatic rings. The number of hydrazone groups is 1. The Labute approximate surface area is 149 Å². The molecule has 1 fully saturated rings.